The molecule has 0 fully saturated rings. The molecule has 0 aliphatic carbocycles. The van der Waals surface area contributed by atoms with Crippen LogP contribution in [-0.2, 0) is 0 Å². The van der Waals surface area contributed by atoms with Gasteiger partial charge in [0, 0.05) is 11.6 Å². The third-order valence-electron chi connectivity index (χ3n) is 1.99. The molecular weight excluding hydrogens is 219 g/mol. The summed E-state index contributed by atoms with van der Waals surface area (Å²) >= 11 is 0. The molecule has 0 radical (unpaired) electrons. The van der Waals surface area contributed by atoms with Crippen LogP contribution in [-0.4, -0.2) is 17.8 Å². The molecule has 1 aromatic heterocycles. The summed E-state index contributed by atoms with van der Waals surface area (Å²) in [5.41, 5.74) is 0.439. The Bertz CT molecular complexity index is 491. The Morgan fingerprint density at radius 3 is 2.62 bits per heavy atom. The summed E-state index contributed by atoms with van der Waals surface area (Å²) in [6, 6.07) is 8.36. The van der Waals surface area contributed by atoms with Crippen LogP contribution in [0.1, 0.15) is 0 Å². The SMILES string of the molecule is FC(F)(F)COc1cccc2cccnc12. The van der Waals surface area contributed by atoms with Gasteiger partial charge in [-0.15, -0.1) is 0 Å². The van der Waals surface area contributed by atoms with E-state index in [-0.39, 0.29) is 5.75 Å². The van der Waals surface area contributed by atoms with Gasteiger partial charge >= 0.3 is 6.18 Å². The third-order valence-corrected chi connectivity index (χ3v) is 1.99. The van der Waals surface area contributed by atoms with Gasteiger partial charge in [0.15, 0.2) is 6.61 Å². The number of benzene rings is 1. The number of pyridine rings is 1. The van der Waals surface area contributed by atoms with E-state index in [0.717, 1.165) is 5.39 Å². The highest BCUT2D eigenvalue weighted by Gasteiger charge is 2.28. The van der Waals surface area contributed by atoms with E-state index in [1.165, 1.54) is 12.3 Å². The summed E-state index contributed by atoms with van der Waals surface area (Å²) in [5.74, 6) is 0.149. The largest absolute Gasteiger partial charge is 0.482 e. The summed E-state index contributed by atoms with van der Waals surface area (Å²) in [4.78, 5) is 3.99. The van der Waals surface area contributed by atoms with Gasteiger partial charge in [-0.1, -0.05) is 18.2 Å². The van der Waals surface area contributed by atoms with Crippen LogP contribution >= 0.6 is 0 Å². The summed E-state index contributed by atoms with van der Waals surface area (Å²) in [7, 11) is 0. The lowest BCUT2D eigenvalue weighted by Gasteiger charge is -2.10. The van der Waals surface area contributed by atoms with Crippen molar-refractivity contribution in [2.75, 3.05) is 6.61 Å². The fraction of sp³-hybridized carbons (Fsp3) is 0.182. The van der Waals surface area contributed by atoms with Gasteiger partial charge in [0.1, 0.15) is 11.3 Å². The number of nitrogens with zero attached hydrogens (tertiary/aromatic N) is 1. The van der Waals surface area contributed by atoms with Gasteiger partial charge in [-0.05, 0) is 12.1 Å². The van der Waals surface area contributed by atoms with Crippen molar-refractivity contribution in [1.29, 1.82) is 0 Å². The monoisotopic (exact) mass is 227 g/mol. The second-order valence-corrected chi connectivity index (χ2v) is 3.24. The molecule has 5 heteroatoms. The summed E-state index contributed by atoms with van der Waals surface area (Å²) in [5, 5.41) is 0.752. The van der Waals surface area contributed by atoms with Crippen molar-refractivity contribution in [3.63, 3.8) is 0 Å². The molecule has 0 saturated carbocycles. The van der Waals surface area contributed by atoms with E-state index in [0.29, 0.717) is 5.52 Å². The number of halogens is 3. The van der Waals surface area contributed by atoms with Crippen molar-refractivity contribution in [2.24, 2.45) is 0 Å². The topological polar surface area (TPSA) is 22.1 Å². The second-order valence-electron chi connectivity index (χ2n) is 3.24. The first kappa shape index (κ1) is 10.7. The lowest BCUT2D eigenvalue weighted by Crippen LogP contribution is -2.19. The van der Waals surface area contributed by atoms with Gasteiger partial charge in [0.2, 0.25) is 0 Å². The molecule has 0 aliphatic rings. The minimum Gasteiger partial charge on any atom is -0.482 e. The Labute approximate surface area is 89.7 Å². The van der Waals surface area contributed by atoms with Crippen LogP contribution in [0.25, 0.3) is 10.9 Å². The van der Waals surface area contributed by atoms with Crippen molar-refractivity contribution in [3.8, 4) is 5.75 Å². The number of para-hydroxylation sites is 1. The predicted octanol–water partition coefficient (Wildman–Crippen LogP) is 3.18. The fourth-order valence-corrected chi connectivity index (χ4v) is 1.35. The Balaban J connectivity index is 2.30. The molecule has 2 aromatic rings. The number of fused-ring (bicyclic) bond motifs is 1. The quantitative estimate of drug-likeness (QED) is 0.786. The van der Waals surface area contributed by atoms with Crippen LogP contribution in [0.2, 0.25) is 0 Å². The zero-order valence-corrected chi connectivity index (χ0v) is 8.16. The van der Waals surface area contributed by atoms with Crippen LogP contribution < -0.4 is 4.74 Å². The van der Waals surface area contributed by atoms with Crippen LogP contribution in [0.3, 0.4) is 0 Å². The number of hydrogen-bond acceptors (Lipinski definition) is 2. The van der Waals surface area contributed by atoms with Gasteiger partial charge < -0.3 is 4.74 Å². The average Bonchev–Trinajstić information content (AvgIpc) is 2.25. The Kier molecular flexibility index (Phi) is 2.68. The molecule has 0 N–H and O–H groups in total. The first-order valence-corrected chi connectivity index (χ1v) is 4.59. The van der Waals surface area contributed by atoms with Crippen molar-refractivity contribution in [1.82, 2.24) is 4.98 Å². The van der Waals surface area contributed by atoms with E-state index in [2.05, 4.69) is 4.98 Å². The van der Waals surface area contributed by atoms with Gasteiger partial charge in [0.05, 0.1) is 0 Å². The minimum atomic E-state index is -4.34. The maximum absolute atomic E-state index is 12.0. The van der Waals surface area contributed by atoms with E-state index < -0.39 is 12.8 Å². The van der Waals surface area contributed by atoms with Crippen LogP contribution in [0.5, 0.6) is 5.75 Å². The molecule has 1 aromatic carbocycles. The maximum Gasteiger partial charge on any atom is 0.422 e. The molecule has 0 saturated heterocycles. The van der Waals surface area contributed by atoms with Crippen molar-refractivity contribution < 1.29 is 17.9 Å². The van der Waals surface area contributed by atoms with E-state index in [1.54, 1.807) is 24.3 Å². The number of ether oxygens (including phenoxy) is 1. The number of hydrogen-bond donors (Lipinski definition) is 0. The van der Waals surface area contributed by atoms with Gasteiger partial charge in [-0.25, -0.2) is 0 Å². The zero-order valence-electron chi connectivity index (χ0n) is 8.16. The van der Waals surface area contributed by atoms with Gasteiger partial charge in [0.25, 0.3) is 0 Å². The Morgan fingerprint density at radius 2 is 1.88 bits per heavy atom. The lowest BCUT2D eigenvalue weighted by atomic mass is 10.2. The molecule has 0 bridgehead atoms. The smallest absolute Gasteiger partial charge is 0.422 e. The Hall–Kier alpha value is -1.78. The van der Waals surface area contributed by atoms with Crippen molar-refractivity contribution in [3.05, 3.63) is 36.5 Å². The minimum absolute atomic E-state index is 0.149. The van der Waals surface area contributed by atoms with Crippen LogP contribution in [0.4, 0.5) is 13.2 Å². The molecular formula is C11H8F3NO. The van der Waals surface area contributed by atoms with E-state index in [9.17, 15) is 13.2 Å². The fourth-order valence-electron chi connectivity index (χ4n) is 1.35. The molecule has 0 spiro atoms. The molecule has 2 nitrogen and oxygen atoms in total. The molecule has 0 aliphatic heterocycles. The van der Waals surface area contributed by atoms with Crippen molar-refractivity contribution >= 4 is 10.9 Å². The average molecular weight is 227 g/mol. The normalized spacial score (nSPS) is 11.7. The standard InChI is InChI=1S/C11H8F3NO/c12-11(13,14)7-16-9-5-1-3-8-4-2-6-15-10(8)9/h1-6H,7H2. The van der Waals surface area contributed by atoms with Crippen LogP contribution in [0.15, 0.2) is 36.5 Å². The molecule has 2 rings (SSSR count). The van der Waals surface area contributed by atoms with Crippen LogP contribution in [0, 0.1) is 0 Å². The van der Waals surface area contributed by atoms with Gasteiger partial charge in [-0.3, -0.25) is 4.98 Å². The first-order valence-electron chi connectivity index (χ1n) is 4.59. The highest BCUT2D eigenvalue weighted by molar-refractivity contribution is 5.84. The number of aromatic nitrogens is 1. The maximum atomic E-state index is 12.0. The van der Waals surface area contributed by atoms with Gasteiger partial charge in [-0.2, -0.15) is 13.2 Å². The number of alkyl halides is 3. The highest BCUT2D eigenvalue weighted by Crippen LogP contribution is 2.25. The molecule has 84 valence electrons. The zero-order chi connectivity index (χ0) is 11.6. The summed E-state index contributed by atoms with van der Waals surface area (Å²) < 4.78 is 40.7. The molecule has 1 heterocycles. The van der Waals surface area contributed by atoms with E-state index in [4.69, 9.17) is 4.74 Å². The summed E-state index contributed by atoms with van der Waals surface area (Å²) in [6.45, 7) is -1.30. The van der Waals surface area contributed by atoms with Crippen molar-refractivity contribution in [2.45, 2.75) is 6.18 Å². The molecule has 0 unspecified atom stereocenters. The molecule has 16 heavy (non-hydrogen) atoms. The molecule has 0 atom stereocenters. The predicted molar refractivity (Wildman–Crippen MR) is 53.3 cm³/mol. The van der Waals surface area contributed by atoms with E-state index in [1.807, 2.05) is 0 Å². The highest BCUT2D eigenvalue weighted by atomic mass is 19.4. The summed E-state index contributed by atoms with van der Waals surface area (Å²) in [6.07, 6.45) is -2.82. The number of rotatable bonds is 2. The lowest BCUT2D eigenvalue weighted by molar-refractivity contribution is -0.153. The Morgan fingerprint density at radius 1 is 1.12 bits per heavy atom. The second kappa shape index (κ2) is 4.00. The molecule has 0 amide bonds. The van der Waals surface area contributed by atoms with E-state index >= 15 is 0 Å². The third kappa shape index (κ3) is 2.42. The first-order chi connectivity index (χ1) is 7.56.